The summed E-state index contributed by atoms with van der Waals surface area (Å²) in [6, 6.07) is 22.1. The van der Waals surface area contributed by atoms with Crippen LogP contribution < -0.4 is 14.2 Å². The Morgan fingerprint density at radius 3 is 1.94 bits per heavy atom. The Labute approximate surface area is 186 Å². The van der Waals surface area contributed by atoms with Crippen LogP contribution in [0, 0.1) is 0 Å². The first-order valence-electron chi connectivity index (χ1n) is 10.3. The second-order valence-corrected chi connectivity index (χ2v) is 7.53. The molecule has 5 rings (SSSR count). The van der Waals surface area contributed by atoms with Crippen LogP contribution in [0.2, 0.25) is 0 Å². The summed E-state index contributed by atoms with van der Waals surface area (Å²) in [4.78, 5) is 0. The van der Waals surface area contributed by atoms with Crippen molar-refractivity contribution in [2.45, 2.75) is 6.54 Å². The molecule has 0 atom stereocenters. The second-order valence-electron chi connectivity index (χ2n) is 7.53. The van der Waals surface area contributed by atoms with E-state index in [1.807, 2.05) is 48.5 Å². The standard InChI is InChI=1S/C26H23N3O3/c1-30-19-8-4-17(5-9-19)15-29-16-23-25(18-6-10-20(31-2)11-7-18)27-28-26(23)22-14-21(32-3)12-13-24(22)29/h4-14,16H,15H2,1-3H3. The van der Waals surface area contributed by atoms with Crippen LogP contribution in [0.25, 0.3) is 33.4 Å². The summed E-state index contributed by atoms with van der Waals surface area (Å²) in [7, 11) is 5.01. The van der Waals surface area contributed by atoms with Crippen LogP contribution in [0.15, 0.2) is 72.9 Å². The molecular formula is C26H23N3O3. The van der Waals surface area contributed by atoms with Gasteiger partial charge in [-0.15, -0.1) is 10.2 Å². The van der Waals surface area contributed by atoms with Crippen LogP contribution in [0.4, 0.5) is 0 Å². The number of methoxy groups -OCH3 is 3. The normalized spacial score (nSPS) is 11.1. The number of ether oxygens (including phenoxy) is 3. The molecule has 3 aromatic rings. The molecule has 2 heterocycles. The van der Waals surface area contributed by atoms with E-state index < -0.39 is 0 Å². The summed E-state index contributed by atoms with van der Waals surface area (Å²) in [5.74, 6) is 2.44. The molecule has 0 saturated heterocycles. The third kappa shape index (κ3) is 3.50. The SMILES string of the molecule is COc1ccc(Cn2cc3c(-c4ccc(OC)cc4)nnc-3c3cc(OC)ccc32)cc1. The molecule has 0 spiro atoms. The van der Waals surface area contributed by atoms with E-state index in [9.17, 15) is 0 Å². The predicted molar refractivity (Wildman–Crippen MR) is 125 cm³/mol. The van der Waals surface area contributed by atoms with Crippen molar-refractivity contribution in [3.8, 4) is 39.8 Å². The molecule has 0 bridgehead atoms. The van der Waals surface area contributed by atoms with Gasteiger partial charge in [0, 0.05) is 29.3 Å². The fourth-order valence-corrected chi connectivity index (χ4v) is 3.97. The lowest BCUT2D eigenvalue weighted by atomic mass is 10.0. The quantitative estimate of drug-likeness (QED) is 0.371. The Kier molecular flexibility index (Phi) is 5.11. The van der Waals surface area contributed by atoms with E-state index in [0.29, 0.717) is 6.54 Å². The number of nitrogens with zero attached hydrogens (tertiary/aromatic N) is 3. The fraction of sp³-hybridized carbons (Fsp3) is 0.154. The molecule has 0 fully saturated rings. The highest BCUT2D eigenvalue weighted by Gasteiger charge is 2.21. The van der Waals surface area contributed by atoms with E-state index in [2.05, 4.69) is 39.2 Å². The molecule has 0 unspecified atom stereocenters. The van der Waals surface area contributed by atoms with Gasteiger partial charge in [0.1, 0.15) is 28.6 Å². The maximum atomic E-state index is 5.49. The van der Waals surface area contributed by atoms with Gasteiger partial charge in [0.2, 0.25) is 0 Å². The molecule has 3 aromatic carbocycles. The first-order chi connectivity index (χ1) is 15.7. The number of hydrogen-bond acceptors (Lipinski definition) is 5. The zero-order valence-corrected chi connectivity index (χ0v) is 18.2. The lowest BCUT2D eigenvalue weighted by Crippen LogP contribution is -2.04. The first-order valence-corrected chi connectivity index (χ1v) is 10.3. The number of benzene rings is 3. The smallest absolute Gasteiger partial charge is 0.119 e. The molecular weight excluding hydrogens is 402 g/mol. The Balaban J connectivity index is 1.67. The molecule has 6 heteroatoms. The third-order valence-corrected chi connectivity index (χ3v) is 5.69. The molecule has 0 N–H and O–H groups in total. The Morgan fingerprint density at radius 2 is 1.28 bits per heavy atom. The monoisotopic (exact) mass is 425 g/mol. The molecule has 0 saturated carbocycles. The van der Waals surface area contributed by atoms with E-state index in [4.69, 9.17) is 14.2 Å². The number of fused-ring (bicyclic) bond motifs is 3. The van der Waals surface area contributed by atoms with E-state index in [1.165, 1.54) is 5.56 Å². The van der Waals surface area contributed by atoms with Crippen molar-refractivity contribution in [3.05, 3.63) is 78.5 Å². The average molecular weight is 425 g/mol. The van der Waals surface area contributed by atoms with Crippen molar-refractivity contribution in [2.75, 3.05) is 21.3 Å². The van der Waals surface area contributed by atoms with Gasteiger partial charge in [-0.05, 0) is 60.2 Å². The highest BCUT2D eigenvalue weighted by Crippen LogP contribution is 2.38. The molecule has 2 aliphatic rings. The topological polar surface area (TPSA) is 58.4 Å². The molecule has 0 radical (unpaired) electrons. The summed E-state index contributed by atoms with van der Waals surface area (Å²) >= 11 is 0. The van der Waals surface area contributed by atoms with Crippen LogP contribution in [-0.2, 0) is 6.54 Å². The molecule has 0 aromatic heterocycles. The van der Waals surface area contributed by atoms with E-state index in [0.717, 1.165) is 50.7 Å². The van der Waals surface area contributed by atoms with Crippen molar-refractivity contribution in [1.29, 1.82) is 0 Å². The minimum Gasteiger partial charge on any atom is -0.497 e. The van der Waals surface area contributed by atoms with Crippen LogP contribution in [0.5, 0.6) is 17.2 Å². The highest BCUT2D eigenvalue weighted by atomic mass is 16.5. The average Bonchev–Trinajstić information content (AvgIpc) is 3.28. The number of hydrogen-bond donors (Lipinski definition) is 0. The molecule has 0 amide bonds. The van der Waals surface area contributed by atoms with Crippen LogP contribution in [0.3, 0.4) is 0 Å². The van der Waals surface area contributed by atoms with Gasteiger partial charge < -0.3 is 18.8 Å². The van der Waals surface area contributed by atoms with Crippen molar-refractivity contribution in [1.82, 2.24) is 14.8 Å². The summed E-state index contributed by atoms with van der Waals surface area (Å²) in [5, 5.41) is 10.1. The lowest BCUT2D eigenvalue weighted by Gasteiger charge is -2.16. The molecule has 0 aliphatic carbocycles. The molecule has 6 nitrogen and oxygen atoms in total. The zero-order valence-electron chi connectivity index (χ0n) is 18.2. The number of pyridine rings is 1. The third-order valence-electron chi connectivity index (χ3n) is 5.69. The minimum atomic E-state index is 0.704. The van der Waals surface area contributed by atoms with Crippen molar-refractivity contribution >= 4 is 10.9 Å². The summed E-state index contributed by atoms with van der Waals surface area (Å²) in [6.07, 6.45) is 2.13. The van der Waals surface area contributed by atoms with E-state index in [-0.39, 0.29) is 0 Å². The first kappa shape index (κ1) is 19.9. The van der Waals surface area contributed by atoms with Gasteiger partial charge in [0.15, 0.2) is 0 Å². The molecule has 2 aliphatic heterocycles. The van der Waals surface area contributed by atoms with Crippen molar-refractivity contribution < 1.29 is 14.2 Å². The Morgan fingerprint density at radius 1 is 0.688 bits per heavy atom. The molecule has 160 valence electrons. The van der Waals surface area contributed by atoms with E-state index >= 15 is 0 Å². The van der Waals surface area contributed by atoms with Crippen LogP contribution in [-0.4, -0.2) is 36.1 Å². The van der Waals surface area contributed by atoms with Gasteiger partial charge in [-0.2, -0.15) is 0 Å². The fourth-order valence-electron chi connectivity index (χ4n) is 3.97. The predicted octanol–water partition coefficient (Wildman–Crippen LogP) is 5.28. The summed E-state index contributed by atoms with van der Waals surface area (Å²) in [6.45, 7) is 0.704. The maximum Gasteiger partial charge on any atom is 0.119 e. The van der Waals surface area contributed by atoms with Gasteiger partial charge in [-0.3, -0.25) is 0 Å². The van der Waals surface area contributed by atoms with Gasteiger partial charge in [0.25, 0.3) is 0 Å². The van der Waals surface area contributed by atoms with Crippen LogP contribution in [0.1, 0.15) is 5.56 Å². The van der Waals surface area contributed by atoms with Gasteiger partial charge in [-0.1, -0.05) is 12.1 Å². The second kappa shape index (κ2) is 8.23. The Hall–Kier alpha value is -4.06. The summed E-state index contributed by atoms with van der Waals surface area (Å²) in [5.41, 5.74) is 5.92. The van der Waals surface area contributed by atoms with Gasteiger partial charge >= 0.3 is 0 Å². The van der Waals surface area contributed by atoms with Crippen molar-refractivity contribution in [3.63, 3.8) is 0 Å². The van der Waals surface area contributed by atoms with Crippen LogP contribution >= 0.6 is 0 Å². The van der Waals surface area contributed by atoms with Gasteiger partial charge in [0.05, 0.1) is 26.8 Å². The molecule has 32 heavy (non-hydrogen) atoms. The largest absolute Gasteiger partial charge is 0.497 e. The minimum absolute atomic E-state index is 0.704. The zero-order chi connectivity index (χ0) is 22.1. The number of aromatic nitrogens is 3. The maximum absolute atomic E-state index is 5.49. The van der Waals surface area contributed by atoms with Gasteiger partial charge in [-0.25, -0.2) is 0 Å². The Bertz CT molecular complexity index is 1340. The summed E-state index contributed by atoms with van der Waals surface area (Å²) < 4.78 is 18.3. The highest BCUT2D eigenvalue weighted by molar-refractivity contribution is 5.98. The van der Waals surface area contributed by atoms with Crippen molar-refractivity contribution in [2.24, 2.45) is 0 Å². The van der Waals surface area contributed by atoms with E-state index in [1.54, 1.807) is 21.3 Å². The number of rotatable bonds is 6. The lowest BCUT2D eigenvalue weighted by molar-refractivity contribution is 0.414.